The quantitative estimate of drug-likeness (QED) is 0.860. The summed E-state index contributed by atoms with van der Waals surface area (Å²) in [5.41, 5.74) is 2.19. The van der Waals surface area contributed by atoms with E-state index in [2.05, 4.69) is 36.3 Å². The minimum Gasteiger partial charge on any atom is -0.461 e. The van der Waals surface area contributed by atoms with Gasteiger partial charge in [0.1, 0.15) is 11.5 Å². The largest absolute Gasteiger partial charge is 0.461 e. The highest BCUT2D eigenvalue weighted by atomic mass is 16.3. The highest BCUT2D eigenvalue weighted by molar-refractivity contribution is 5.56. The summed E-state index contributed by atoms with van der Waals surface area (Å²) in [6.45, 7) is 7.45. The zero-order valence-corrected chi connectivity index (χ0v) is 11.9. The third-order valence-electron chi connectivity index (χ3n) is 3.07. The lowest BCUT2D eigenvalue weighted by Gasteiger charge is -2.10. The van der Waals surface area contributed by atoms with Gasteiger partial charge in [0.25, 0.3) is 0 Å². The number of aryl methyl sites for hydroxylation is 1. The van der Waals surface area contributed by atoms with Crippen LogP contribution in [0.2, 0.25) is 0 Å². The van der Waals surface area contributed by atoms with Crippen molar-refractivity contribution in [3.63, 3.8) is 0 Å². The van der Waals surface area contributed by atoms with Crippen LogP contribution < -0.4 is 5.32 Å². The van der Waals surface area contributed by atoms with Crippen molar-refractivity contribution in [2.24, 2.45) is 0 Å². The molecule has 0 amide bonds. The molecular weight excluding hydrogens is 236 g/mol. The number of pyridine rings is 1. The third kappa shape index (κ3) is 3.93. The molecule has 0 aliphatic carbocycles. The molecule has 0 spiro atoms. The fourth-order valence-corrected chi connectivity index (χ4v) is 2.10. The van der Waals surface area contributed by atoms with Gasteiger partial charge in [0.15, 0.2) is 0 Å². The van der Waals surface area contributed by atoms with Crippen molar-refractivity contribution in [2.45, 2.75) is 39.7 Å². The monoisotopic (exact) mass is 258 g/mol. The van der Waals surface area contributed by atoms with Crippen LogP contribution in [0.5, 0.6) is 0 Å². The van der Waals surface area contributed by atoms with Crippen molar-refractivity contribution in [1.82, 2.24) is 10.3 Å². The van der Waals surface area contributed by atoms with Gasteiger partial charge in [0.2, 0.25) is 0 Å². The van der Waals surface area contributed by atoms with Crippen molar-refractivity contribution in [3.05, 3.63) is 41.9 Å². The van der Waals surface area contributed by atoms with Crippen LogP contribution in [0.3, 0.4) is 0 Å². The van der Waals surface area contributed by atoms with E-state index < -0.39 is 0 Å². The third-order valence-corrected chi connectivity index (χ3v) is 3.07. The number of hydrogen-bond acceptors (Lipinski definition) is 3. The van der Waals surface area contributed by atoms with E-state index in [4.69, 9.17) is 4.42 Å². The van der Waals surface area contributed by atoms with Crippen LogP contribution in [0.25, 0.3) is 11.3 Å². The molecule has 0 radical (unpaired) electrons. The van der Waals surface area contributed by atoms with Gasteiger partial charge in [0.05, 0.1) is 0 Å². The second-order valence-corrected chi connectivity index (χ2v) is 5.08. The fourth-order valence-electron chi connectivity index (χ4n) is 2.10. The molecule has 2 aromatic rings. The molecule has 0 aliphatic heterocycles. The van der Waals surface area contributed by atoms with Gasteiger partial charge in [-0.1, -0.05) is 6.92 Å². The zero-order chi connectivity index (χ0) is 13.7. The summed E-state index contributed by atoms with van der Waals surface area (Å²) in [6, 6.07) is 6.61. The van der Waals surface area contributed by atoms with Gasteiger partial charge < -0.3 is 9.73 Å². The molecule has 1 unspecified atom stereocenters. The molecule has 0 aromatic carbocycles. The smallest absolute Gasteiger partial charge is 0.135 e. The lowest BCUT2D eigenvalue weighted by molar-refractivity contribution is 0.464. The molecule has 1 atom stereocenters. The van der Waals surface area contributed by atoms with E-state index in [1.54, 1.807) is 0 Å². The van der Waals surface area contributed by atoms with Gasteiger partial charge >= 0.3 is 0 Å². The molecule has 0 fully saturated rings. The first kappa shape index (κ1) is 13.8. The second kappa shape index (κ2) is 6.53. The summed E-state index contributed by atoms with van der Waals surface area (Å²) >= 11 is 0. The molecule has 0 saturated carbocycles. The molecule has 1 N–H and O–H groups in total. The van der Waals surface area contributed by atoms with E-state index in [9.17, 15) is 0 Å². The molecular formula is C16H22N2O. The summed E-state index contributed by atoms with van der Waals surface area (Å²) < 4.78 is 5.90. The van der Waals surface area contributed by atoms with Crippen LogP contribution in [0.15, 0.2) is 35.0 Å². The number of hydrogen-bond donors (Lipinski definition) is 1. The van der Waals surface area contributed by atoms with E-state index in [1.807, 2.05) is 25.4 Å². The maximum Gasteiger partial charge on any atom is 0.135 e. The first-order valence-electron chi connectivity index (χ1n) is 6.93. The second-order valence-electron chi connectivity index (χ2n) is 5.08. The fraction of sp³-hybridized carbons (Fsp3) is 0.438. The lowest BCUT2D eigenvalue weighted by Crippen LogP contribution is -2.28. The standard InChI is InChI=1S/C16H22N2O/c1-4-7-18-13(3)9-15-5-6-16(19-15)14-8-12(2)10-17-11-14/h5-6,8,10-11,13,18H,4,7,9H2,1-3H3. The zero-order valence-electron chi connectivity index (χ0n) is 11.9. The average Bonchev–Trinajstić information content (AvgIpc) is 2.85. The Morgan fingerprint density at radius 2 is 2.16 bits per heavy atom. The lowest BCUT2D eigenvalue weighted by atomic mass is 10.2. The van der Waals surface area contributed by atoms with Gasteiger partial charge in [0, 0.05) is 30.4 Å². The Morgan fingerprint density at radius 1 is 1.32 bits per heavy atom. The van der Waals surface area contributed by atoms with Gasteiger partial charge in [-0.3, -0.25) is 4.98 Å². The van der Waals surface area contributed by atoms with Crippen LogP contribution in [-0.2, 0) is 6.42 Å². The molecule has 0 saturated heterocycles. The summed E-state index contributed by atoms with van der Waals surface area (Å²) in [4.78, 5) is 4.20. The van der Waals surface area contributed by atoms with Crippen molar-refractivity contribution in [3.8, 4) is 11.3 Å². The van der Waals surface area contributed by atoms with Crippen molar-refractivity contribution in [2.75, 3.05) is 6.54 Å². The SMILES string of the molecule is CCCNC(C)Cc1ccc(-c2cncc(C)c2)o1. The Bertz CT molecular complexity index is 519. The predicted octanol–water partition coefficient (Wildman–Crippen LogP) is 3.58. The molecule has 102 valence electrons. The Kier molecular flexibility index (Phi) is 4.74. The van der Waals surface area contributed by atoms with Crippen LogP contribution in [0.4, 0.5) is 0 Å². The highest BCUT2D eigenvalue weighted by Crippen LogP contribution is 2.22. The van der Waals surface area contributed by atoms with E-state index in [0.29, 0.717) is 6.04 Å². The number of furan rings is 1. The Morgan fingerprint density at radius 3 is 2.89 bits per heavy atom. The average molecular weight is 258 g/mol. The first-order chi connectivity index (χ1) is 9.19. The molecule has 2 heterocycles. The summed E-state index contributed by atoms with van der Waals surface area (Å²) in [5, 5.41) is 3.47. The molecule has 0 bridgehead atoms. The minimum absolute atomic E-state index is 0.439. The van der Waals surface area contributed by atoms with E-state index in [-0.39, 0.29) is 0 Å². The van der Waals surface area contributed by atoms with Crippen LogP contribution >= 0.6 is 0 Å². The molecule has 3 nitrogen and oxygen atoms in total. The first-order valence-corrected chi connectivity index (χ1v) is 6.93. The molecule has 19 heavy (non-hydrogen) atoms. The number of nitrogens with one attached hydrogen (secondary N) is 1. The molecule has 3 heteroatoms. The van der Waals surface area contributed by atoms with Gasteiger partial charge in [-0.2, -0.15) is 0 Å². The number of nitrogens with zero attached hydrogens (tertiary/aromatic N) is 1. The van der Waals surface area contributed by atoms with E-state index >= 15 is 0 Å². The van der Waals surface area contributed by atoms with Crippen molar-refractivity contribution < 1.29 is 4.42 Å². The normalized spacial score (nSPS) is 12.6. The Labute approximate surface area is 115 Å². The van der Waals surface area contributed by atoms with Crippen LogP contribution in [0.1, 0.15) is 31.6 Å². The molecule has 2 rings (SSSR count). The summed E-state index contributed by atoms with van der Waals surface area (Å²) in [7, 11) is 0. The number of aromatic nitrogens is 1. The molecule has 2 aromatic heterocycles. The van der Waals surface area contributed by atoms with Gasteiger partial charge in [-0.05, 0) is 50.6 Å². The maximum absolute atomic E-state index is 5.90. The summed E-state index contributed by atoms with van der Waals surface area (Å²) in [5.74, 6) is 1.92. The Hall–Kier alpha value is -1.61. The predicted molar refractivity (Wildman–Crippen MR) is 78.1 cm³/mol. The van der Waals surface area contributed by atoms with Crippen molar-refractivity contribution >= 4 is 0 Å². The van der Waals surface area contributed by atoms with Gasteiger partial charge in [-0.25, -0.2) is 0 Å². The van der Waals surface area contributed by atoms with E-state index in [0.717, 1.165) is 42.0 Å². The minimum atomic E-state index is 0.439. The topological polar surface area (TPSA) is 38.1 Å². The summed E-state index contributed by atoms with van der Waals surface area (Å²) in [6.07, 6.45) is 5.76. The Balaban J connectivity index is 2.03. The maximum atomic E-state index is 5.90. The van der Waals surface area contributed by atoms with E-state index in [1.165, 1.54) is 0 Å². The number of rotatable bonds is 6. The van der Waals surface area contributed by atoms with Crippen molar-refractivity contribution in [1.29, 1.82) is 0 Å². The highest BCUT2D eigenvalue weighted by Gasteiger charge is 2.08. The van der Waals surface area contributed by atoms with Gasteiger partial charge in [-0.15, -0.1) is 0 Å². The molecule has 0 aliphatic rings. The van der Waals surface area contributed by atoms with Crippen LogP contribution in [0, 0.1) is 6.92 Å². The van der Waals surface area contributed by atoms with Crippen LogP contribution in [-0.4, -0.2) is 17.6 Å².